The number of likely N-dealkylation sites (tertiary alicyclic amines) is 2. The zero-order valence-electron chi connectivity index (χ0n) is 19.0. The third-order valence-corrected chi connectivity index (χ3v) is 5.19. The summed E-state index contributed by atoms with van der Waals surface area (Å²) in [6, 6.07) is 0. The summed E-state index contributed by atoms with van der Waals surface area (Å²) >= 11 is 0. The second-order valence-corrected chi connectivity index (χ2v) is 8.90. The highest BCUT2D eigenvalue weighted by atomic mass is 127. The summed E-state index contributed by atoms with van der Waals surface area (Å²) in [6.07, 6.45) is 4.28. The minimum absolute atomic E-state index is 0. The number of nitrogens with one attached hydrogen (secondary N) is 2. The molecular formula is C21H40IN5O3. The lowest BCUT2D eigenvalue weighted by atomic mass is 9.97. The van der Waals surface area contributed by atoms with Crippen LogP contribution in [0.25, 0.3) is 0 Å². The zero-order valence-corrected chi connectivity index (χ0v) is 21.4. The summed E-state index contributed by atoms with van der Waals surface area (Å²) in [5.41, 5.74) is -0.452. The summed E-state index contributed by atoms with van der Waals surface area (Å²) in [7, 11) is 0. The first-order valence-electron chi connectivity index (χ1n) is 11.1. The van der Waals surface area contributed by atoms with E-state index in [1.807, 2.05) is 25.7 Å². The zero-order chi connectivity index (χ0) is 21.3. The molecule has 0 atom stereocenters. The Morgan fingerprint density at radius 2 is 1.90 bits per heavy atom. The van der Waals surface area contributed by atoms with E-state index in [1.165, 1.54) is 0 Å². The highest BCUT2D eigenvalue weighted by Crippen LogP contribution is 2.20. The molecule has 8 nitrogen and oxygen atoms in total. The van der Waals surface area contributed by atoms with Gasteiger partial charge in [0, 0.05) is 52.2 Å². The van der Waals surface area contributed by atoms with Crippen molar-refractivity contribution in [3.63, 3.8) is 0 Å². The second kappa shape index (κ2) is 13.2. The van der Waals surface area contributed by atoms with Gasteiger partial charge in [-0.05, 0) is 59.3 Å². The van der Waals surface area contributed by atoms with Crippen molar-refractivity contribution in [2.45, 2.75) is 65.4 Å². The van der Waals surface area contributed by atoms with Gasteiger partial charge in [-0.2, -0.15) is 0 Å². The highest BCUT2D eigenvalue weighted by Gasteiger charge is 2.26. The van der Waals surface area contributed by atoms with Crippen LogP contribution >= 0.6 is 24.0 Å². The number of amides is 2. The molecule has 0 radical (unpaired) electrons. The Hall–Kier alpha value is -1.26. The number of ether oxygens (including phenoxy) is 1. The molecule has 0 unspecified atom stereocenters. The average molecular weight is 537 g/mol. The third kappa shape index (κ3) is 9.70. The third-order valence-electron chi connectivity index (χ3n) is 5.19. The van der Waals surface area contributed by atoms with Gasteiger partial charge in [0.1, 0.15) is 5.60 Å². The first-order chi connectivity index (χ1) is 13.8. The Morgan fingerprint density at radius 3 is 2.47 bits per heavy atom. The lowest BCUT2D eigenvalue weighted by Gasteiger charge is -2.33. The fourth-order valence-electron chi connectivity index (χ4n) is 3.60. The predicted molar refractivity (Wildman–Crippen MR) is 130 cm³/mol. The lowest BCUT2D eigenvalue weighted by molar-refractivity contribution is -0.127. The van der Waals surface area contributed by atoms with Crippen molar-refractivity contribution >= 4 is 41.9 Å². The van der Waals surface area contributed by atoms with Crippen molar-refractivity contribution in [3.05, 3.63) is 0 Å². The maximum absolute atomic E-state index is 12.2. The smallest absolute Gasteiger partial charge is 0.410 e. The van der Waals surface area contributed by atoms with Crippen molar-refractivity contribution in [3.8, 4) is 0 Å². The maximum atomic E-state index is 12.2. The SMILES string of the molecule is CCNC(=NCC1CCN(C(=O)OC(C)(C)C)CC1)NCCCN1CCCC1=O.I. The molecule has 0 aromatic carbocycles. The van der Waals surface area contributed by atoms with Crippen LogP contribution in [0.3, 0.4) is 0 Å². The van der Waals surface area contributed by atoms with Gasteiger partial charge >= 0.3 is 6.09 Å². The minimum atomic E-state index is -0.452. The van der Waals surface area contributed by atoms with Crippen molar-refractivity contribution in [1.29, 1.82) is 0 Å². The lowest BCUT2D eigenvalue weighted by Crippen LogP contribution is -2.42. The van der Waals surface area contributed by atoms with Crippen molar-refractivity contribution in [2.75, 3.05) is 45.8 Å². The molecular weight excluding hydrogens is 497 g/mol. The van der Waals surface area contributed by atoms with Gasteiger partial charge in [0.15, 0.2) is 5.96 Å². The molecule has 2 fully saturated rings. The van der Waals surface area contributed by atoms with Gasteiger partial charge in [-0.1, -0.05) is 0 Å². The molecule has 0 bridgehead atoms. The molecule has 0 spiro atoms. The monoisotopic (exact) mass is 537 g/mol. The second-order valence-electron chi connectivity index (χ2n) is 8.90. The Bertz CT molecular complexity index is 571. The van der Waals surface area contributed by atoms with Crippen LogP contribution in [0.5, 0.6) is 0 Å². The van der Waals surface area contributed by atoms with E-state index in [4.69, 9.17) is 9.73 Å². The molecule has 2 amide bonds. The summed E-state index contributed by atoms with van der Waals surface area (Å²) in [6.45, 7) is 13.3. The molecule has 2 N–H and O–H groups in total. The van der Waals surface area contributed by atoms with Crippen LogP contribution < -0.4 is 10.6 Å². The van der Waals surface area contributed by atoms with E-state index in [-0.39, 0.29) is 36.0 Å². The molecule has 0 saturated carbocycles. The number of aliphatic imine (C=N–C) groups is 1. The quantitative estimate of drug-likeness (QED) is 0.226. The molecule has 30 heavy (non-hydrogen) atoms. The number of nitrogens with zero attached hydrogens (tertiary/aromatic N) is 3. The first-order valence-corrected chi connectivity index (χ1v) is 11.1. The van der Waals surface area contributed by atoms with E-state index in [9.17, 15) is 9.59 Å². The first kappa shape index (κ1) is 26.8. The highest BCUT2D eigenvalue weighted by molar-refractivity contribution is 14.0. The number of guanidine groups is 1. The molecule has 174 valence electrons. The summed E-state index contributed by atoms with van der Waals surface area (Å²) in [4.78, 5) is 32.3. The van der Waals surface area contributed by atoms with Crippen molar-refractivity contribution in [1.82, 2.24) is 20.4 Å². The number of hydrogen-bond acceptors (Lipinski definition) is 4. The maximum Gasteiger partial charge on any atom is 0.410 e. The van der Waals surface area contributed by atoms with Gasteiger partial charge in [-0.3, -0.25) is 9.79 Å². The van der Waals surface area contributed by atoms with Crippen LogP contribution in [-0.2, 0) is 9.53 Å². The molecule has 9 heteroatoms. The van der Waals surface area contributed by atoms with Gasteiger partial charge in [0.05, 0.1) is 0 Å². The van der Waals surface area contributed by atoms with Crippen LogP contribution in [0.2, 0.25) is 0 Å². The normalized spacial score (nSPS) is 18.3. The van der Waals surface area contributed by atoms with Crippen molar-refractivity contribution in [2.24, 2.45) is 10.9 Å². The molecule has 2 aliphatic heterocycles. The fourth-order valence-corrected chi connectivity index (χ4v) is 3.60. The van der Waals surface area contributed by atoms with E-state index in [0.29, 0.717) is 12.3 Å². The van der Waals surface area contributed by atoms with E-state index in [2.05, 4.69) is 17.6 Å². The number of halogens is 1. The Balaban J connectivity index is 0.00000450. The van der Waals surface area contributed by atoms with Crippen LogP contribution in [0.1, 0.15) is 59.8 Å². The van der Waals surface area contributed by atoms with Crippen LogP contribution in [0.15, 0.2) is 4.99 Å². The average Bonchev–Trinajstić information content (AvgIpc) is 3.07. The molecule has 0 aromatic rings. The van der Waals surface area contributed by atoms with E-state index < -0.39 is 5.60 Å². The molecule has 2 rings (SSSR count). The Kier molecular flexibility index (Phi) is 11.8. The van der Waals surface area contributed by atoms with Gasteiger partial charge < -0.3 is 25.2 Å². The number of rotatable bonds is 7. The van der Waals surface area contributed by atoms with Gasteiger partial charge in [-0.15, -0.1) is 24.0 Å². The molecule has 2 aliphatic rings. The van der Waals surface area contributed by atoms with Crippen LogP contribution in [0.4, 0.5) is 4.79 Å². The Morgan fingerprint density at radius 1 is 1.20 bits per heavy atom. The molecule has 2 saturated heterocycles. The topological polar surface area (TPSA) is 86.3 Å². The largest absolute Gasteiger partial charge is 0.444 e. The van der Waals surface area contributed by atoms with E-state index in [1.54, 1.807) is 4.90 Å². The molecule has 0 aromatic heterocycles. The number of carbonyl (C=O) groups is 2. The summed E-state index contributed by atoms with van der Waals surface area (Å²) < 4.78 is 5.46. The standard InChI is InChI=1S/C21H39N5O3.HI/c1-5-22-19(23-11-7-13-25-12-6-8-18(25)27)24-16-17-9-14-26(15-10-17)20(28)29-21(2,3)4;/h17H,5-16H2,1-4H3,(H2,22,23,24);1H. The summed E-state index contributed by atoms with van der Waals surface area (Å²) in [5.74, 6) is 1.59. The fraction of sp³-hybridized carbons (Fsp3) is 0.857. The summed E-state index contributed by atoms with van der Waals surface area (Å²) in [5, 5.41) is 6.65. The number of carbonyl (C=O) groups excluding carboxylic acids is 2. The van der Waals surface area contributed by atoms with Crippen molar-refractivity contribution < 1.29 is 14.3 Å². The molecule has 0 aliphatic carbocycles. The number of piperidine rings is 1. The van der Waals surface area contributed by atoms with E-state index in [0.717, 1.165) is 77.5 Å². The Labute approximate surface area is 198 Å². The predicted octanol–water partition coefficient (Wildman–Crippen LogP) is 2.82. The van der Waals surface area contributed by atoms with Gasteiger partial charge in [-0.25, -0.2) is 4.79 Å². The van der Waals surface area contributed by atoms with Gasteiger partial charge in [0.25, 0.3) is 0 Å². The van der Waals surface area contributed by atoms with E-state index >= 15 is 0 Å². The molecule has 2 heterocycles. The van der Waals surface area contributed by atoms with Crippen LogP contribution in [-0.4, -0.2) is 79.2 Å². The minimum Gasteiger partial charge on any atom is -0.444 e. The number of hydrogen-bond donors (Lipinski definition) is 2. The van der Waals surface area contributed by atoms with Gasteiger partial charge in [0.2, 0.25) is 5.91 Å². The van der Waals surface area contributed by atoms with Crippen LogP contribution in [0, 0.1) is 5.92 Å².